The first-order chi connectivity index (χ1) is 13.2. The normalized spacial score (nSPS) is 17.1. The summed E-state index contributed by atoms with van der Waals surface area (Å²) in [7, 11) is 0. The van der Waals surface area contributed by atoms with Gasteiger partial charge in [-0.1, -0.05) is 54.1 Å². The minimum Gasteiger partial charge on any atom is -0.292 e. The Bertz CT molecular complexity index is 927. The van der Waals surface area contributed by atoms with Gasteiger partial charge in [-0.25, -0.2) is 0 Å². The van der Waals surface area contributed by atoms with Gasteiger partial charge in [0.25, 0.3) is 0 Å². The summed E-state index contributed by atoms with van der Waals surface area (Å²) in [6.45, 7) is 1.67. The van der Waals surface area contributed by atoms with Crippen molar-refractivity contribution < 1.29 is 4.79 Å². The van der Waals surface area contributed by atoms with Crippen LogP contribution in [0.3, 0.4) is 0 Å². The molecule has 7 heteroatoms. The smallest absolute Gasteiger partial charge is 0.249 e. The summed E-state index contributed by atoms with van der Waals surface area (Å²) >= 11 is 6.19. The minimum atomic E-state index is -0.174. The summed E-state index contributed by atoms with van der Waals surface area (Å²) in [5.74, 6) is 0.720. The standard InChI is InChI=1S/C20H20ClN5O/c21-16-10-5-4-9-15(16)18-22-20(25-24-18)23-19(27)17-11-6-12-26(17)13-14-7-2-1-3-8-14/h1-5,7-10,17H,6,11-13H2,(H2,22,23,24,25,27). The predicted molar refractivity (Wildman–Crippen MR) is 105 cm³/mol. The molecule has 2 N–H and O–H groups in total. The van der Waals surface area contributed by atoms with Crippen LogP contribution >= 0.6 is 11.6 Å². The molecule has 2 heterocycles. The number of nitrogens with zero attached hydrogens (tertiary/aromatic N) is 3. The topological polar surface area (TPSA) is 73.9 Å². The second-order valence-corrected chi connectivity index (χ2v) is 7.00. The van der Waals surface area contributed by atoms with Crippen LogP contribution in [0, 0.1) is 0 Å². The molecular formula is C20H20ClN5O. The Morgan fingerprint density at radius 3 is 2.78 bits per heavy atom. The lowest BCUT2D eigenvalue weighted by Gasteiger charge is -2.23. The fourth-order valence-electron chi connectivity index (χ4n) is 3.42. The Morgan fingerprint density at radius 2 is 1.96 bits per heavy atom. The van der Waals surface area contributed by atoms with E-state index in [0.717, 1.165) is 31.5 Å². The molecule has 0 bridgehead atoms. The van der Waals surface area contributed by atoms with Crippen molar-refractivity contribution in [3.63, 3.8) is 0 Å². The fraction of sp³-hybridized carbons (Fsp3) is 0.250. The van der Waals surface area contributed by atoms with Gasteiger partial charge in [0.1, 0.15) is 0 Å². The highest BCUT2D eigenvalue weighted by Crippen LogP contribution is 2.25. The lowest BCUT2D eigenvalue weighted by Crippen LogP contribution is -2.39. The van der Waals surface area contributed by atoms with Crippen molar-refractivity contribution in [2.45, 2.75) is 25.4 Å². The lowest BCUT2D eigenvalue weighted by atomic mass is 10.1. The molecule has 1 saturated heterocycles. The van der Waals surface area contributed by atoms with Gasteiger partial charge in [0, 0.05) is 12.1 Å². The van der Waals surface area contributed by atoms with Gasteiger partial charge in [-0.05, 0) is 37.1 Å². The highest BCUT2D eigenvalue weighted by molar-refractivity contribution is 6.33. The van der Waals surface area contributed by atoms with Gasteiger partial charge in [-0.3, -0.25) is 20.1 Å². The van der Waals surface area contributed by atoms with Crippen molar-refractivity contribution in [3.8, 4) is 11.4 Å². The van der Waals surface area contributed by atoms with Gasteiger partial charge in [0.2, 0.25) is 11.9 Å². The highest BCUT2D eigenvalue weighted by Gasteiger charge is 2.31. The second-order valence-electron chi connectivity index (χ2n) is 6.59. The Hall–Kier alpha value is -2.70. The van der Waals surface area contributed by atoms with E-state index in [2.05, 4.69) is 37.5 Å². The molecule has 3 aromatic rings. The van der Waals surface area contributed by atoms with Crippen LogP contribution in [0.2, 0.25) is 5.02 Å². The number of anilines is 1. The first-order valence-electron chi connectivity index (χ1n) is 8.97. The molecule has 1 aliphatic heterocycles. The van der Waals surface area contributed by atoms with Crippen LogP contribution in [-0.4, -0.2) is 38.6 Å². The largest absolute Gasteiger partial charge is 0.292 e. The van der Waals surface area contributed by atoms with Crippen molar-refractivity contribution in [1.82, 2.24) is 20.1 Å². The van der Waals surface area contributed by atoms with E-state index in [-0.39, 0.29) is 17.9 Å². The highest BCUT2D eigenvalue weighted by atomic mass is 35.5. The van der Waals surface area contributed by atoms with Gasteiger partial charge in [0.15, 0.2) is 5.82 Å². The summed E-state index contributed by atoms with van der Waals surface area (Å²) in [6, 6.07) is 17.4. The molecule has 2 aromatic carbocycles. The van der Waals surface area contributed by atoms with Gasteiger partial charge in [-0.15, -0.1) is 5.10 Å². The maximum absolute atomic E-state index is 12.8. The molecule has 0 saturated carbocycles. The average Bonchev–Trinajstić information content (AvgIpc) is 3.32. The lowest BCUT2D eigenvalue weighted by molar-refractivity contribution is -0.120. The third-order valence-corrected chi connectivity index (χ3v) is 5.07. The van der Waals surface area contributed by atoms with Crippen molar-refractivity contribution >= 4 is 23.5 Å². The zero-order chi connectivity index (χ0) is 18.6. The number of aromatic nitrogens is 3. The number of amides is 1. The van der Waals surface area contributed by atoms with E-state index < -0.39 is 0 Å². The number of rotatable bonds is 5. The van der Waals surface area contributed by atoms with E-state index in [1.165, 1.54) is 5.56 Å². The number of halogens is 1. The van der Waals surface area contributed by atoms with Crippen LogP contribution in [0.25, 0.3) is 11.4 Å². The van der Waals surface area contributed by atoms with Crippen LogP contribution in [0.15, 0.2) is 54.6 Å². The Kier molecular flexibility index (Phi) is 5.18. The molecule has 0 radical (unpaired) electrons. The zero-order valence-electron chi connectivity index (χ0n) is 14.7. The molecule has 27 heavy (non-hydrogen) atoms. The van der Waals surface area contributed by atoms with Crippen LogP contribution in [-0.2, 0) is 11.3 Å². The Labute approximate surface area is 162 Å². The van der Waals surface area contributed by atoms with Crippen molar-refractivity contribution in [2.75, 3.05) is 11.9 Å². The summed E-state index contributed by atoms with van der Waals surface area (Å²) in [5.41, 5.74) is 1.95. The van der Waals surface area contributed by atoms with Crippen molar-refractivity contribution in [3.05, 3.63) is 65.2 Å². The maximum atomic E-state index is 12.8. The van der Waals surface area contributed by atoms with Crippen molar-refractivity contribution in [1.29, 1.82) is 0 Å². The van der Waals surface area contributed by atoms with E-state index >= 15 is 0 Å². The average molecular weight is 382 g/mol. The van der Waals surface area contributed by atoms with Crippen LogP contribution in [0.1, 0.15) is 18.4 Å². The SMILES string of the molecule is O=C(Nc1n[nH]c(-c2ccccc2Cl)n1)C1CCCN1Cc1ccccc1. The van der Waals surface area contributed by atoms with E-state index in [1.807, 2.05) is 36.4 Å². The van der Waals surface area contributed by atoms with Crippen LogP contribution < -0.4 is 5.32 Å². The summed E-state index contributed by atoms with van der Waals surface area (Å²) in [6.07, 6.45) is 1.84. The summed E-state index contributed by atoms with van der Waals surface area (Å²) in [4.78, 5) is 19.3. The van der Waals surface area contributed by atoms with Crippen LogP contribution in [0.4, 0.5) is 5.95 Å². The van der Waals surface area contributed by atoms with Gasteiger partial charge in [-0.2, -0.15) is 4.98 Å². The molecule has 138 valence electrons. The number of benzene rings is 2. The molecule has 1 aliphatic rings. The molecule has 1 atom stereocenters. The van der Waals surface area contributed by atoms with E-state index in [0.29, 0.717) is 10.8 Å². The van der Waals surface area contributed by atoms with Gasteiger partial charge >= 0.3 is 0 Å². The second kappa shape index (κ2) is 7.90. The molecule has 0 aliphatic carbocycles. The monoisotopic (exact) mass is 381 g/mol. The molecule has 1 unspecified atom stereocenters. The summed E-state index contributed by atoms with van der Waals surface area (Å²) in [5, 5.41) is 10.4. The Morgan fingerprint density at radius 1 is 1.19 bits per heavy atom. The first-order valence-corrected chi connectivity index (χ1v) is 9.34. The number of nitrogens with one attached hydrogen (secondary N) is 2. The number of likely N-dealkylation sites (tertiary alicyclic amines) is 1. The number of H-pyrrole nitrogens is 1. The fourth-order valence-corrected chi connectivity index (χ4v) is 3.64. The van der Waals surface area contributed by atoms with Crippen molar-refractivity contribution in [2.24, 2.45) is 0 Å². The maximum Gasteiger partial charge on any atom is 0.249 e. The Balaban J connectivity index is 1.44. The van der Waals surface area contributed by atoms with Gasteiger partial charge in [0.05, 0.1) is 11.1 Å². The molecule has 1 fully saturated rings. The number of carbonyl (C=O) groups excluding carboxylic acids is 1. The third-order valence-electron chi connectivity index (χ3n) is 4.74. The number of aromatic amines is 1. The van der Waals surface area contributed by atoms with Gasteiger partial charge < -0.3 is 0 Å². The van der Waals surface area contributed by atoms with E-state index in [1.54, 1.807) is 6.07 Å². The molecular weight excluding hydrogens is 362 g/mol. The van der Waals surface area contributed by atoms with E-state index in [9.17, 15) is 4.79 Å². The molecule has 4 rings (SSSR count). The zero-order valence-corrected chi connectivity index (χ0v) is 15.5. The number of hydrogen-bond donors (Lipinski definition) is 2. The van der Waals surface area contributed by atoms with Crippen LogP contribution in [0.5, 0.6) is 0 Å². The molecule has 6 nitrogen and oxygen atoms in total. The molecule has 0 spiro atoms. The third kappa shape index (κ3) is 4.02. The summed E-state index contributed by atoms with van der Waals surface area (Å²) < 4.78 is 0. The first kappa shape index (κ1) is 17.7. The number of carbonyl (C=O) groups is 1. The minimum absolute atomic E-state index is 0.0758. The molecule has 1 aromatic heterocycles. The van der Waals surface area contributed by atoms with E-state index in [4.69, 9.17) is 11.6 Å². The quantitative estimate of drug-likeness (QED) is 0.706. The molecule has 1 amide bonds. The predicted octanol–water partition coefficient (Wildman–Crippen LogP) is 3.73. The number of hydrogen-bond acceptors (Lipinski definition) is 4.